The molecule has 1 aromatic rings. The van der Waals surface area contributed by atoms with E-state index in [1.165, 1.54) is 11.1 Å². The summed E-state index contributed by atoms with van der Waals surface area (Å²) in [7, 11) is 0. The van der Waals surface area contributed by atoms with Crippen molar-refractivity contribution in [3.63, 3.8) is 0 Å². The average molecular weight is 460 g/mol. The van der Waals surface area contributed by atoms with E-state index in [1.54, 1.807) is 0 Å². The number of fused-ring (bicyclic) bond motifs is 5. The van der Waals surface area contributed by atoms with Crippen LogP contribution in [0.4, 0.5) is 0 Å². The third kappa shape index (κ3) is 3.83. The highest BCUT2D eigenvalue weighted by molar-refractivity contribution is 5.92. The number of nitrogens with zero attached hydrogens (tertiary/aromatic N) is 1. The smallest absolute Gasteiger partial charge is 0.156 e. The Morgan fingerprint density at radius 1 is 1.06 bits per heavy atom. The molecule has 0 spiro atoms. The fourth-order valence-electron chi connectivity index (χ4n) is 8.41. The maximum Gasteiger partial charge on any atom is 0.156 e. The number of nitroso groups, excluding NO2 is 1. The van der Waals surface area contributed by atoms with Crippen LogP contribution >= 0.6 is 0 Å². The first kappa shape index (κ1) is 23.4. The molecule has 0 saturated heterocycles. The lowest BCUT2D eigenvalue weighted by molar-refractivity contribution is -0.128. The fourth-order valence-corrected chi connectivity index (χ4v) is 8.41. The molecule has 4 nitrogen and oxygen atoms in total. The van der Waals surface area contributed by atoms with Crippen molar-refractivity contribution in [1.82, 2.24) is 0 Å². The lowest BCUT2D eigenvalue weighted by Gasteiger charge is -2.57. The molecule has 4 aliphatic carbocycles. The summed E-state index contributed by atoms with van der Waals surface area (Å²) < 4.78 is 0. The number of carbonyl (C=O) groups is 2. The van der Waals surface area contributed by atoms with Crippen LogP contribution < -0.4 is 0 Å². The van der Waals surface area contributed by atoms with E-state index in [1.807, 2.05) is 25.1 Å². The highest BCUT2D eigenvalue weighted by Gasteiger charge is 2.60. The van der Waals surface area contributed by atoms with Gasteiger partial charge < -0.3 is 0 Å². The molecule has 4 heteroatoms. The zero-order valence-electron chi connectivity index (χ0n) is 20.6. The summed E-state index contributed by atoms with van der Waals surface area (Å²) in [4.78, 5) is 35.4. The fraction of sp³-hybridized carbons (Fsp3) is 0.600. The van der Waals surface area contributed by atoms with E-state index in [0.717, 1.165) is 56.9 Å². The summed E-state index contributed by atoms with van der Waals surface area (Å²) in [6.45, 7) is 4.43. The van der Waals surface area contributed by atoms with Gasteiger partial charge in [0.05, 0.1) is 0 Å². The highest BCUT2D eigenvalue weighted by atomic mass is 16.3. The molecule has 0 bridgehead atoms. The van der Waals surface area contributed by atoms with Gasteiger partial charge in [0.1, 0.15) is 12.3 Å². The summed E-state index contributed by atoms with van der Waals surface area (Å²) in [5, 5.41) is 2.98. The van der Waals surface area contributed by atoms with Gasteiger partial charge in [0.15, 0.2) is 5.78 Å². The van der Waals surface area contributed by atoms with Gasteiger partial charge in [0, 0.05) is 12.3 Å². The molecule has 4 aliphatic rings. The summed E-state index contributed by atoms with van der Waals surface area (Å²) >= 11 is 0. The van der Waals surface area contributed by atoms with E-state index in [9.17, 15) is 14.5 Å². The largest absolute Gasteiger partial charge is 0.300 e. The van der Waals surface area contributed by atoms with Crippen LogP contribution in [0, 0.1) is 39.4 Å². The van der Waals surface area contributed by atoms with Crippen molar-refractivity contribution >= 4 is 11.6 Å². The van der Waals surface area contributed by atoms with E-state index >= 15 is 0 Å². The quantitative estimate of drug-likeness (QED) is 0.423. The molecular weight excluding hydrogens is 422 g/mol. The minimum atomic E-state index is 0.103. The molecule has 0 N–H and O–H groups in total. The van der Waals surface area contributed by atoms with Crippen molar-refractivity contribution in [3.8, 4) is 0 Å². The number of Topliss-reactive ketones (excluding diaryl/α,β-unsaturated/α-hetero) is 1. The molecule has 34 heavy (non-hydrogen) atoms. The molecule has 0 unspecified atom stereocenters. The van der Waals surface area contributed by atoms with Crippen LogP contribution in [0.1, 0.15) is 76.3 Å². The van der Waals surface area contributed by atoms with Crippen molar-refractivity contribution in [2.45, 2.75) is 78.2 Å². The molecular formula is C30H37NO3. The number of rotatable bonds is 7. The molecule has 180 valence electrons. The molecule has 0 radical (unpaired) electrons. The number of allylic oxidation sites excluding steroid dienone is 4. The molecule has 0 aromatic heterocycles. The van der Waals surface area contributed by atoms with Crippen molar-refractivity contribution in [3.05, 3.63) is 64.1 Å². The monoisotopic (exact) mass is 459 g/mol. The first-order valence-electron chi connectivity index (χ1n) is 13.2. The van der Waals surface area contributed by atoms with Gasteiger partial charge in [-0.05, 0) is 110 Å². The van der Waals surface area contributed by atoms with Crippen molar-refractivity contribution in [2.75, 3.05) is 0 Å². The van der Waals surface area contributed by atoms with Crippen molar-refractivity contribution < 1.29 is 9.59 Å². The predicted molar refractivity (Wildman–Crippen MR) is 134 cm³/mol. The number of carbonyl (C=O) groups excluding carboxylic acids is 2. The second-order valence-corrected chi connectivity index (χ2v) is 11.6. The third-order valence-electron chi connectivity index (χ3n) is 10.1. The number of aryl methyl sites for hydroxylation is 1. The van der Waals surface area contributed by atoms with E-state index in [0.29, 0.717) is 30.0 Å². The van der Waals surface area contributed by atoms with E-state index in [-0.39, 0.29) is 29.1 Å². The molecule has 5 rings (SSSR count). The van der Waals surface area contributed by atoms with Crippen LogP contribution in [-0.2, 0) is 22.6 Å². The summed E-state index contributed by atoms with van der Waals surface area (Å²) in [5.74, 6) is 2.50. The third-order valence-corrected chi connectivity index (χ3v) is 10.1. The van der Waals surface area contributed by atoms with Crippen LogP contribution in [0.25, 0.3) is 0 Å². The Bertz CT molecular complexity index is 1040. The highest BCUT2D eigenvalue weighted by Crippen LogP contribution is 2.66. The maximum atomic E-state index is 12.8. The summed E-state index contributed by atoms with van der Waals surface area (Å²) in [6, 6.07) is 8.24. The first-order valence-corrected chi connectivity index (χ1v) is 13.2. The van der Waals surface area contributed by atoms with Crippen LogP contribution in [0.3, 0.4) is 0 Å². The Hall–Kier alpha value is -2.36. The molecule has 0 amide bonds. The lowest BCUT2D eigenvalue weighted by atomic mass is 9.47. The summed E-state index contributed by atoms with van der Waals surface area (Å²) in [6.07, 6.45) is 15.9. The van der Waals surface area contributed by atoms with Gasteiger partial charge in [-0.1, -0.05) is 48.5 Å². The first-order chi connectivity index (χ1) is 16.4. The molecule has 6 atom stereocenters. The number of hydrogen-bond donors (Lipinski definition) is 0. The minimum absolute atomic E-state index is 0.103. The van der Waals surface area contributed by atoms with Gasteiger partial charge in [-0.3, -0.25) is 9.59 Å². The van der Waals surface area contributed by atoms with Gasteiger partial charge in [-0.15, -0.1) is 0 Å². The predicted octanol–water partition coefficient (Wildman–Crippen LogP) is 6.77. The lowest BCUT2D eigenvalue weighted by Crippen LogP contribution is -2.50. The van der Waals surface area contributed by atoms with Crippen LogP contribution in [-0.4, -0.2) is 11.6 Å². The van der Waals surface area contributed by atoms with E-state index in [4.69, 9.17) is 0 Å². The molecule has 1 aromatic carbocycles. The maximum absolute atomic E-state index is 12.8. The topological polar surface area (TPSA) is 63.6 Å². The van der Waals surface area contributed by atoms with Crippen molar-refractivity contribution in [1.29, 1.82) is 0 Å². The van der Waals surface area contributed by atoms with Gasteiger partial charge >= 0.3 is 0 Å². The van der Waals surface area contributed by atoms with Gasteiger partial charge in [-0.25, -0.2) is 0 Å². The van der Waals surface area contributed by atoms with Crippen LogP contribution in [0.2, 0.25) is 0 Å². The Balaban J connectivity index is 1.37. The van der Waals surface area contributed by atoms with Crippen LogP contribution in [0.5, 0.6) is 0 Å². The van der Waals surface area contributed by atoms with Crippen molar-refractivity contribution in [2.24, 2.45) is 39.7 Å². The zero-order chi connectivity index (χ0) is 23.9. The summed E-state index contributed by atoms with van der Waals surface area (Å²) in [5.41, 5.74) is 3.71. The van der Waals surface area contributed by atoms with E-state index < -0.39 is 0 Å². The van der Waals surface area contributed by atoms with Gasteiger partial charge in [-0.2, -0.15) is 4.91 Å². The van der Waals surface area contributed by atoms with Gasteiger partial charge in [0.25, 0.3) is 0 Å². The van der Waals surface area contributed by atoms with Crippen LogP contribution in [0.15, 0.2) is 53.2 Å². The molecule has 2 fully saturated rings. The zero-order valence-corrected chi connectivity index (χ0v) is 20.6. The van der Waals surface area contributed by atoms with E-state index in [2.05, 4.69) is 36.4 Å². The average Bonchev–Trinajstić information content (AvgIpc) is 3.21. The Morgan fingerprint density at radius 2 is 1.82 bits per heavy atom. The molecule has 2 saturated carbocycles. The normalized spacial score (nSPS) is 36.3. The minimum Gasteiger partial charge on any atom is -0.300 e. The molecule has 0 aliphatic heterocycles. The second-order valence-electron chi connectivity index (χ2n) is 11.6. The standard InChI is InChI=1S/C30H37NO3/c1-20(32)26-11-12-28-25-10-9-23-18-24(33)13-16-29(23,2)27(25)14-17-30(26,28)15-3-4-21-5-7-22(8-6-21)19-31-34/h5-10,18,25-28H,3-4,11-17,19H2,1-2H3/t25-,26-,27-,28+,29-,30-/m1/s1. The number of ketones is 2. The Morgan fingerprint density at radius 3 is 2.56 bits per heavy atom. The SMILES string of the molecule is CC(=O)[C@H]1CC[C@H]2[C@@H]3C=CC4=CC(=O)CC[C@@]4(C)[C@@H]3CC[C@]12CCCc1ccc(CN=O)cc1. The van der Waals surface area contributed by atoms with Gasteiger partial charge in [0.2, 0.25) is 0 Å². The Kier molecular flexibility index (Phi) is 6.20. The number of hydrogen-bond acceptors (Lipinski definition) is 4. The molecule has 0 heterocycles. The second kappa shape index (κ2) is 9.02. The Labute approximate surface area is 203 Å². The number of benzene rings is 1.